The first kappa shape index (κ1) is 46.9. The lowest BCUT2D eigenvalue weighted by molar-refractivity contribution is -0.0789. The molecule has 1 saturated carbocycles. The van der Waals surface area contributed by atoms with Crippen molar-refractivity contribution in [2.24, 2.45) is 40.1 Å². The summed E-state index contributed by atoms with van der Waals surface area (Å²) in [7, 11) is -4.65. The summed E-state index contributed by atoms with van der Waals surface area (Å²) in [5, 5.41) is 32.6. The van der Waals surface area contributed by atoms with Crippen molar-refractivity contribution in [1.82, 2.24) is 0 Å². The van der Waals surface area contributed by atoms with Gasteiger partial charge < -0.3 is 36.3 Å². The molecule has 8 bridgehead atoms. The van der Waals surface area contributed by atoms with E-state index in [0.717, 1.165) is 47.1 Å². The highest BCUT2D eigenvalue weighted by atomic mass is 32.2. The Hall–Kier alpha value is -5.16. The van der Waals surface area contributed by atoms with Crippen LogP contribution in [0.3, 0.4) is 0 Å². The molecule has 0 aromatic heterocycles. The van der Waals surface area contributed by atoms with Gasteiger partial charge >= 0.3 is 0 Å². The number of benzene rings is 4. The van der Waals surface area contributed by atoms with Gasteiger partial charge in [-0.1, -0.05) is 117 Å². The third-order valence-corrected chi connectivity index (χ3v) is 17.0. The number of rotatable bonds is 9. The molecule has 11 nitrogen and oxygen atoms in total. The Labute approximate surface area is 395 Å². The predicted molar refractivity (Wildman–Crippen MR) is 260 cm³/mol. The number of allylic oxidation sites excluding steroid dienone is 1. The maximum Gasteiger partial charge on any atom is 0.268 e. The first-order valence-electron chi connectivity index (χ1n) is 24.3. The molecular formula is C55H65N3O8S. The number of guanidine groups is 1. The van der Waals surface area contributed by atoms with Crippen LogP contribution < -0.4 is 16.2 Å². The van der Waals surface area contributed by atoms with Crippen molar-refractivity contribution < 1.29 is 37.8 Å². The largest absolute Gasteiger partial charge is 0.508 e. The summed E-state index contributed by atoms with van der Waals surface area (Å²) in [5.41, 5.74) is 16.2. The molecule has 1 saturated heterocycles. The molecule has 67 heavy (non-hydrogen) atoms. The molecule has 4 aromatic rings. The van der Waals surface area contributed by atoms with Crippen LogP contribution in [0, 0.1) is 35.5 Å². The molecule has 6 aliphatic heterocycles. The Balaban J connectivity index is 1.23. The minimum Gasteiger partial charge on any atom is -0.508 e. The second kappa shape index (κ2) is 19.4. The quantitative estimate of drug-likeness (QED) is 0.0310. The fourth-order valence-electron chi connectivity index (χ4n) is 12.4. The maximum atomic E-state index is 14.1. The zero-order chi connectivity index (χ0) is 46.9. The van der Waals surface area contributed by atoms with Crippen molar-refractivity contribution in [2.75, 3.05) is 6.61 Å². The van der Waals surface area contributed by atoms with Crippen molar-refractivity contribution in [2.45, 2.75) is 131 Å². The average Bonchev–Trinajstić information content (AvgIpc) is 3.44. The van der Waals surface area contributed by atoms with Gasteiger partial charge in [0.2, 0.25) is 5.72 Å². The Morgan fingerprint density at radius 1 is 0.925 bits per heavy atom. The van der Waals surface area contributed by atoms with E-state index in [1.54, 1.807) is 12.1 Å². The summed E-state index contributed by atoms with van der Waals surface area (Å²) < 4.78 is 53.9. The summed E-state index contributed by atoms with van der Waals surface area (Å²) >= 11 is 0. The van der Waals surface area contributed by atoms with Crippen LogP contribution >= 0.6 is 0 Å². The Morgan fingerprint density at radius 3 is 2.34 bits per heavy atom. The lowest BCUT2D eigenvalue weighted by Crippen LogP contribution is -2.47. The van der Waals surface area contributed by atoms with E-state index in [1.807, 2.05) is 79.7 Å². The number of phenolic OH excluding ortho intramolecular Hbond substituents is 1. The number of ether oxygens (including phenoxy) is 2. The Bertz CT molecular complexity index is 2620. The molecule has 8 N–H and O–H groups in total. The maximum absolute atomic E-state index is 14.1. The number of aliphatic hydroxyl groups is 2. The standard InChI is InChI=1S/C55H65N3O8S/c1-2-37-32-50(67(62,63)64)49-31-42-28-41(30-47-27-36(34-59)12-9-13-40-29-45(60)20-23-48(40)52(42)65-47)51(49)39-14-18-43(19-15-39)55(58-53(56)57,66-46-21-16-38(37)17-22-46)33-44(26-35-10-5-3-6-11-35)54(61)24-7-4-8-25-54/h3,5-6,10-11,14-23,29,31,36-37,41,44,47,49-52,59-61H,2,4,7-8,12,24-28,30,32-34H2,1H3,(H4,56,57,58)(H,62,63,64). The van der Waals surface area contributed by atoms with Crippen LogP contribution in [0.1, 0.15) is 135 Å². The monoisotopic (exact) mass is 927 g/mol. The Kier molecular flexibility index (Phi) is 13.6. The third kappa shape index (κ3) is 10.0. The molecule has 4 aromatic carbocycles. The van der Waals surface area contributed by atoms with Crippen molar-refractivity contribution in [3.8, 4) is 23.3 Å². The Morgan fingerprint density at radius 2 is 1.66 bits per heavy atom. The molecular weight excluding hydrogens is 863 g/mol. The molecule has 0 amide bonds. The molecule has 0 spiro atoms. The van der Waals surface area contributed by atoms with Crippen molar-refractivity contribution in [3.63, 3.8) is 0 Å². The van der Waals surface area contributed by atoms with Crippen LogP contribution in [-0.2, 0) is 27.0 Å². The van der Waals surface area contributed by atoms with E-state index in [4.69, 9.17) is 25.9 Å². The minimum absolute atomic E-state index is 0.0691. The molecule has 2 fully saturated rings. The van der Waals surface area contributed by atoms with Crippen molar-refractivity contribution in [1.29, 1.82) is 0 Å². The fraction of sp³-hybridized carbons (Fsp3) is 0.473. The second-order valence-electron chi connectivity index (χ2n) is 20.0. The van der Waals surface area contributed by atoms with E-state index in [9.17, 15) is 28.3 Å². The molecule has 12 heteroatoms. The molecule has 8 aliphatic rings. The van der Waals surface area contributed by atoms with Gasteiger partial charge in [-0.25, -0.2) is 4.99 Å². The van der Waals surface area contributed by atoms with E-state index >= 15 is 0 Å². The summed E-state index contributed by atoms with van der Waals surface area (Å²) in [5.74, 6) is 5.05. The minimum atomic E-state index is -4.65. The summed E-state index contributed by atoms with van der Waals surface area (Å²) in [6.07, 6.45) is 9.12. The van der Waals surface area contributed by atoms with Gasteiger partial charge in [-0.2, -0.15) is 8.42 Å². The van der Waals surface area contributed by atoms with Gasteiger partial charge in [-0.15, -0.1) is 0 Å². The molecule has 6 heterocycles. The number of aliphatic imine (C=N–C) groups is 1. The number of phenols is 1. The number of aromatic hydroxyl groups is 1. The number of aliphatic hydroxyl groups excluding tert-OH is 1. The van der Waals surface area contributed by atoms with Gasteiger partial charge in [-0.3, -0.25) is 4.55 Å². The molecule has 10 unspecified atom stereocenters. The smallest absolute Gasteiger partial charge is 0.268 e. The van der Waals surface area contributed by atoms with Crippen LogP contribution in [-0.4, -0.2) is 57.8 Å². The summed E-state index contributed by atoms with van der Waals surface area (Å²) in [4.78, 5) is 4.99. The first-order chi connectivity index (χ1) is 32.2. The summed E-state index contributed by atoms with van der Waals surface area (Å²) in [6.45, 7) is 1.97. The van der Waals surface area contributed by atoms with Gasteiger partial charge in [-0.05, 0) is 127 Å². The zero-order valence-corrected chi connectivity index (χ0v) is 39.2. The van der Waals surface area contributed by atoms with Gasteiger partial charge in [0.1, 0.15) is 17.6 Å². The topological polar surface area (TPSA) is 198 Å². The van der Waals surface area contributed by atoms with Crippen molar-refractivity contribution in [3.05, 3.63) is 142 Å². The normalized spacial score (nSPS) is 29.4. The van der Waals surface area contributed by atoms with E-state index < -0.39 is 38.7 Å². The predicted octanol–water partition coefficient (Wildman–Crippen LogP) is 8.93. The number of fused-ring (bicyclic) bond motifs is 7. The number of nitrogens with zero attached hydrogens (tertiary/aromatic N) is 1. The molecule has 12 rings (SSSR count). The van der Waals surface area contributed by atoms with Crippen LogP contribution in [0.15, 0.2) is 114 Å². The zero-order valence-electron chi connectivity index (χ0n) is 38.3. The summed E-state index contributed by atoms with van der Waals surface area (Å²) in [6, 6.07) is 31.0. The van der Waals surface area contributed by atoms with Gasteiger partial charge in [0, 0.05) is 42.1 Å². The molecule has 2 aliphatic carbocycles. The van der Waals surface area contributed by atoms with E-state index in [-0.39, 0.29) is 66.9 Å². The highest BCUT2D eigenvalue weighted by molar-refractivity contribution is 7.86. The highest BCUT2D eigenvalue weighted by Crippen LogP contribution is 2.54. The van der Waals surface area contributed by atoms with Gasteiger partial charge in [0.25, 0.3) is 10.1 Å². The third-order valence-electron chi connectivity index (χ3n) is 15.7. The highest BCUT2D eigenvalue weighted by Gasteiger charge is 2.49. The number of hydrogen-bond donors (Lipinski definition) is 6. The van der Waals surface area contributed by atoms with Gasteiger partial charge in [0.15, 0.2) is 5.96 Å². The average molecular weight is 928 g/mol. The lowest BCUT2D eigenvalue weighted by Gasteiger charge is -2.44. The molecule has 10 atom stereocenters. The molecule has 354 valence electrons. The van der Waals surface area contributed by atoms with Crippen LogP contribution in [0.25, 0.3) is 0 Å². The fourth-order valence-corrected chi connectivity index (χ4v) is 13.5. The van der Waals surface area contributed by atoms with Crippen LogP contribution in [0.5, 0.6) is 11.5 Å². The van der Waals surface area contributed by atoms with Crippen LogP contribution in [0.2, 0.25) is 0 Å². The second-order valence-corrected chi connectivity index (χ2v) is 21.6. The van der Waals surface area contributed by atoms with Gasteiger partial charge in [0.05, 0.1) is 17.0 Å². The van der Waals surface area contributed by atoms with E-state index in [1.165, 1.54) is 0 Å². The lowest BCUT2D eigenvalue weighted by atomic mass is 9.65. The van der Waals surface area contributed by atoms with E-state index in [0.29, 0.717) is 68.2 Å². The molecule has 0 radical (unpaired) electrons. The van der Waals surface area contributed by atoms with E-state index in [2.05, 4.69) is 30.0 Å². The van der Waals surface area contributed by atoms with Crippen LogP contribution in [0.4, 0.5) is 0 Å². The number of nitrogens with two attached hydrogens (primary N) is 2. The van der Waals surface area contributed by atoms with Crippen molar-refractivity contribution >= 4 is 16.1 Å². The first-order valence-corrected chi connectivity index (χ1v) is 25.8. The number of hydrogen-bond acceptors (Lipinski definition) is 8. The SMILES string of the molecule is CCC1CC(S(=O)(=O)O)C2C=C3CC(CC4CC(CO)CC#Cc5cc(O)ccc5C3O4)C2c2ccc(cc2)C(CC(Cc2ccccc2)C2(O)CCCCC2)(N=C(N)N)Oc2ccc1cc2.